The van der Waals surface area contributed by atoms with Crippen molar-refractivity contribution in [3.8, 4) is 5.75 Å². The van der Waals surface area contributed by atoms with Crippen LogP contribution in [0.15, 0.2) is 54.6 Å². The fraction of sp³-hybridized carbons (Fsp3) is 0.200. The maximum absolute atomic E-state index is 8.83. The van der Waals surface area contributed by atoms with Gasteiger partial charge in [0.05, 0.1) is 6.04 Å². The van der Waals surface area contributed by atoms with Gasteiger partial charge < -0.3 is 9.94 Å². The molecular formula is C15H17NO2. The van der Waals surface area contributed by atoms with Gasteiger partial charge in [-0.2, -0.15) is 5.48 Å². The minimum atomic E-state index is -0.0758. The number of rotatable bonds is 5. The van der Waals surface area contributed by atoms with Crippen molar-refractivity contribution >= 4 is 0 Å². The van der Waals surface area contributed by atoms with E-state index >= 15 is 0 Å². The van der Waals surface area contributed by atoms with Crippen LogP contribution in [0, 0.1) is 0 Å². The molecule has 0 aliphatic carbocycles. The fourth-order valence-corrected chi connectivity index (χ4v) is 1.67. The van der Waals surface area contributed by atoms with E-state index < -0.39 is 0 Å². The Kier molecular flexibility index (Phi) is 4.34. The molecule has 0 saturated carbocycles. The van der Waals surface area contributed by atoms with Crippen molar-refractivity contribution in [2.24, 2.45) is 0 Å². The summed E-state index contributed by atoms with van der Waals surface area (Å²) in [6.07, 6.45) is 0. The van der Waals surface area contributed by atoms with Crippen molar-refractivity contribution in [2.75, 3.05) is 0 Å². The molecule has 0 spiro atoms. The van der Waals surface area contributed by atoms with Crippen LogP contribution in [0.2, 0.25) is 0 Å². The molecule has 1 atom stereocenters. The van der Waals surface area contributed by atoms with E-state index in [1.54, 1.807) is 0 Å². The zero-order chi connectivity index (χ0) is 12.8. The van der Waals surface area contributed by atoms with E-state index in [0.29, 0.717) is 6.61 Å². The molecule has 3 heteroatoms. The van der Waals surface area contributed by atoms with Gasteiger partial charge in [-0.15, -0.1) is 0 Å². The summed E-state index contributed by atoms with van der Waals surface area (Å²) in [6.45, 7) is 2.45. The molecule has 2 N–H and O–H groups in total. The number of benzene rings is 2. The van der Waals surface area contributed by atoms with Crippen LogP contribution in [0.5, 0.6) is 5.75 Å². The van der Waals surface area contributed by atoms with Gasteiger partial charge in [0.2, 0.25) is 0 Å². The molecule has 18 heavy (non-hydrogen) atoms. The standard InChI is InChI=1S/C15H17NO2/c1-12(16-17)14-7-9-15(10-8-14)18-11-13-5-3-2-4-6-13/h2-10,12,16-17H,11H2,1H3/t12-/m0/s1. The molecule has 2 rings (SSSR count). The quantitative estimate of drug-likeness (QED) is 0.792. The second-order valence-corrected chi connectivity index (χ2v) is 4.19. The van der Waals surface area contributed by atoms with Crippen LogP contribution in [-0.2, 0) is 6.61 Å². The summed E-state index contributed by atoms with van der Waals surface area (Å²) in [6, 6.07) is 17.7. The third-order valence-corrected chi connectivity index (χ3v) is 2.82. The average Bonchev–Trinajstić information content (AvgIpc) is 2.46. The van der Waals surface area contributed by atoms with Crippen molar-refractivity contribution in [1.29, 1.82) is 0 Å². The summed E-state index contributed by atoms with van der Waals surface area (Å²) in [5.41, 5.74) is 4.38. The smallest absolute Gasteiger partial charge is 0.119 e. The molecule has 0 bridgehead atoms. The summed E-state index contributed by atoms with van der Waals surface area (Å²) in [5.74, 6) is 0.827. The molecule has 3 nitrogen and oxygen atoms in total. The number of hydrogen-bond donors (Lipinski definition) is 2. The van der Waals surface area contributed by atoms with Crippen LogP contribution in [-0.4, -0.2) is 5.21 Å². The number of nitrogens with one attached hydrogen (secondary N) is 1. The monoisotopic (exact) mass is 243 g/mol. The first-order valence-corrected chi connectivity index (χ1v) is 5.96. The molecule has 0 saturated heterocycles. The van der Waals surface area contributed by atoms with Gasteiger partial charge in [0, 0.05) is 0 Å². The number of hydrogen-bond acceptors (Lipinski definition) is 3. The third kappa shape index (κ3) is 3.32. The normalized spacial score (nSPS) is 12.1. The number of ether oxygens (including phenoxy) is 1. The van der Waals surface area contributed by atoms with Crippen molar-refractivity contribution in [1.82, 2.24) is 5.48 Å². The maximum Gasteiger partial charge on any atom is 0.119 e. The van der Waals surface area contributed by atoms with Crippen molar-refractivity contribution < 1.29 is 9.94 Å². The Morgan fingerprint density at radius 2 is 1.72 bits per heavy atom. The van der Waals surface area contributed by atoms with Gasteiger partial charge in [-0.3, -0.25) is 0 Å². The molecule has 0 unspecified atom stereocenters. The first-order chi connectivity index (χ1) is 8.79. The Labute approximate surface area is 107 Å². The van der Waals surface area contributed by atoms with Crippen LogP contribution >= 0.6 is 0 Å². The maximum atomic E-state index is 8.83. The molecule has 0 fully saturated rings. The lowest BCUT2D eigenvalue weighted by molar-refractivity contribution is 0.133. The van der Waals surface area contributed by atoms with E-state index in [9.17, 15) is 0 Å². The lowest BCUT2D eigenvalue weighted by Crippen LogP contribution is -2.12. The Morgan fingerprint density at radius 3 is 2.33 bits per heavy atom. The third-order valence-electron chi connectivity index (χ3n) is 2.82. The molecule has 0 aliphatic heterocycles. The summed E-state index contributed by atoms with van der Waals surface area (Å²) in [5, 5.41) is 8.83. The summed E-state index contributed by atoms with van der Waals surface area (Å²) >= 11 is 0. The van der Waals surface area contributed by atoms with Gasteiger partial charge in [0.15, 0.2) is 0 Å². The molecule has 0 aliphatic rings. The van der Waals surface area contributed by atoms with E-state index in [4.69, 9.17) is 9.94 Å². The van der Waals surface area contributed by atoms with E-state index in [2.05, 4.69) is 5.48 Å². The van der Waals surface area contributed by atoms with E-state index in [0.717, 1.165) is 16.9 Å². The van der Waals surface area contributed by atoms with Crippen molar-refractivity contribution in [2.45, 2.75) is 19.6 Å². The molecule has 0 amide bonds. The second-order valence-electron chi connectivity index (χ2n) is 4.19. The average molecular weight is 243 g/mol. The van der Waals surface area contributed by atoms with Crippen LogP contribution in [0.3, 0.4) is 0 Å². The Morgan fingerprint density at radius 1 is 1.06 bits per heavy atom. The van der Waals surface area contributed by atoms with E-state index in [-0.39, 0.29) is 6.04 Å². The highest BCUT2D eigenvalue weighted by atomic mass is 16.5. The van der Waals surface area contributed by atoms with Gasteiger partial charge in [-0.1, -0.05) is 42.5 Å². The summed E-state index contributed by atoms with van der Waals surface area (Å²) < 4.78 is 5.68. The predicted octanol–water partition coefficient (Wildman–Crippen LogP) is 3.31. The second kappa shape index (κ2) is 6.19. The van der Waals surface area contributed by atoms with Gasteiger partial charge >= 0.3 is 0 Å². The SMILES string of the molecule is C[C@H](NO)c1ccc(OCc2ccccc2)cc1. The van der Waals surface area contributed by atoms with Crippen LogP contribution < -0.4 is 10.2 Å². The number of hydroxylamine groups is 1. The summed E-state index contributed by atoms with van der Waals surface area (Å²) in [7, 11) is 0. The van der Waals surface area contributed by atoms with Gasteiger partial charge in [0.1, 0.15) is 12.4 Å². The lowest BCUT2D eigenvalue weighted by Gasteiger charge is -2.11. The summed E-state index contributed by atoms with van der Waals surface area (Å²) in [4.78, 5) is 0. The highest BCUT2D eigenvalue weighted by Crippen LogP contribution is 2.18. The molecule has 2 aromatic rings. The topological polar surface area (TPSA) is 41.5 Å². The first-order valence-electron chi connectivity index (χ1n) is 5.96. The minimum absolute atomic E-state index is 0.0758. The first kappa shape index (κ1) is 12.6. The molecule has 0 radical (unpaired) electrons. The largest absolute Gasteiger partial charge is 0.489 e. The van der Waals surface area contributed by atoms with Gasteiger partial charge in [-0.05, 0) is 30.2 Å². The van der Waals surface area contributed by atoms with Crippen molar-refractivity contribution in [3.63, 3.8) is 0 Å². The predicted molar refractivity (Wildman–Crippen MR) is 70.6 cm³/mol. The van der Waals surface area contributed by atoms with Gasteiger partial charge in [-0.25, -0.2) is 0 Å². The highest BCUT2D eigenvalue weighted by Gasteiger charge is 2.03. The highest BCUT2D eigenvalue weighted by molar-refractivity contribution is 5.29. The molecular weight excluding hydrogens is 226 g/mol. The van der Waals surface area contributed by atoms with Gasteiger partial charge in [0.25, 0.3) is 0 Å². The fourth-order valence-electron chi connectivity index (χ4n) is 1.67. The Balaban J connectivity index is 1.94. The molecule has 0 aromatic heterocycles. The van der Waals surface area contributed by atoms with E-state index in [1.807, 2.05) is 61.5 Å². The zero-order valence-corrected chi connectivity index (χ0v) is 10.3. The van der Waals surface area contributed by atoms with Crippen LogP contribution in [0.4, 0.5) is 0 Å². The Hall–Kier alpha value is -1.84. The minimum Gasteiger partial charge on any atom is -0.489 e. The molecule has 94 valence electrons. The van der Waals surface area contributed by atoms with Crippen LogP contribution in [0.1, 0.15) is 24.1 Å². The lowest BCUT2D eigenvalue weighted by atomic mass is 10.1. The zero-order valence-electron chi connectivity index (χ0n) is 10.3. The van der Waals surface area contributed by atoms with E-state index in [1.165, 1.54) is 0 Å². The van der Waals surface area contributed by atoms with Crippen LogP contribution in [0.25, 0.3) is 0 Å². The molecule has 0 heterocycles. The molecule has 2 aromatic carbocycles. The van der Waals surface area contributed by atoms with Crippen molar-refractivity contribution in [3.05, 3.63) is 65.7 Å². The Bertz CT molecular complexity index is 468.